The Bertz CT molecular complexity index is 1510. The second kappa shape index (κ2) is 9.61. The first-order chi connectivity index (χ1) is 17.7. The van der Waals surface area contributed by atoms with E-state index >= 15 is 0 Å². The van der Waals surface area contributed by atoms with Gasteiger partial charge in [0, 0.05) is 17.5 Å². The van der Waals surface area contributed by atoms with Crippen molar-refractivity contribution in [3.63, 3.8) is 0 Å². The lowest BCUT2D eigenvalue weighted by molar-refractivity contribution is -0.115. The van der Waals surface area contributed by atoms with Crippen molar-refractivity contribution < 1.29 is 31.9 Å². The molecular weight excluding hydrogens is 493 g/mol. The summed E-state index contributed by atoms with van der Waals surface area (Å²) in [5.74, 6) is -11.5. The second-order valence-corrected chi connectivity index (χ2v) is 8.59. The van der Waals surface area contributed by atoms with E-state index in [9.17, 15) is 31.9 Å². The maximum absolute atomic E-state index is 14.1. The number of nitrogens with zero attached hydrogens (tertiary/aromatic N) is 2. The minimum Gasteiger partial charge on any atom is -0.508 e. The molecule has 1 aromatic heterocycles. The number of aromatic nitrogens is 2. The van der Waals surface area contributed by atoms with Crippen LogP contribution >= 0.6 is 0 Å². The molecule has 3 aromatic carbocycles. The molecule has 0 spiro atoms. The van der Waals surface area contributed by atoms with Crippen LogP contribution in [0, 0.1) is 29.1 Å². The predicted molar refractivity (Wildman–Crippen MR) is 124 cm³/mol. The van der Waals surface area contributed by atoms with Gasteiger partial charge in [-0.05, 0) is 42.2 Å². The smallest absolute Gasteiger partial charge is 0.230 e. The summed E-state index contributed by atoms with van der Waals surface area (Å²) in [7, 11) is 0. The molecule has 1 aliphatic rings. The summed E-state index contributed by atoms with van der Waals surface area (Å²) >= 11 is 0. The van der Waals surface area contributed by atoms with Crippen molar-refractivity contribution in [1.82, 2.24) is 9.97 Å². The van der Waals surface area contributed by atoms with Crippen molar-refractivity contribution in [2.24, 2.45) is 0 Å². The number of aromatic hydroxyl groups is 1. The highest BCUT2D eigenvalue weighted by Crippen LogP contribution is 2.35. The van der Waals surface area contributed by atoms with Gasteiger partial charge in [-0.2, -0.15) is 0 Å². The molecule has 5 rings (SSSR count). The van der Waals surface area contributed by atoms with E-state index in [0.717, 1.165) is 16.7 Å². The van der Waals surface area contributed by atoms with Gasteiger partial charge in [0.15, 0.2) is 29.1 Å². The van der Waals surface area contributed by atoms with Crippen LogP contribution in [0.2, 0.25) is 0 Å². The van der Waals surface area contributed by atoms with E-state index in [2.05, 4.69) is 10.3 Å². The quantitative estimate of drug-likeness (QED) is 0.213. The van der Waals surface area contributed by atoms with E-state index in [4.69, 9.17) is 4.98 Å². The number of hydrogen-bond acceptors (Lipinski definition) is 4. The van der Waals surface area contributed by atoms with Crippen molar-refractivity contribution in [1.29, 1.82) is 0 Å². The molecule has 1 amide bonds. The predicted octanol–water partition coefficient (Wildman–Crippen LogP) is 5.42. The molecule has 10 heteroatoms. The lowest BCUT2D eigenvalue weighted by Gasteiger charge is -2.21. The number of halogens is 5. The Morgan fingerprint density at radius 2 is 1.54 bits per heavy atom. The number of fused-ring (bicyclic) bond motifs is 3. The van der Waals surface area contributed by atoms with E-state index in [1.807, 2.05) is 30.3 Å². The molecule has 37 heavy (non-hydrogen) atoms. The van der Waals surface area contributed by atoms with Crippen molar-refractivity contribution in [3.05, 3.63) is 106 Å². The Labute approximate surface area is 207 Å². The Morgan fingerprint density at radius 1 is 0.865 bits per heavy atom. The van der Waals surface area contributed by atoms with Gasteiger partial charge in [0.1, 0.15) is 5.75 Å². The average Bonchev–Trinajstić information content (AvgIpc) is 2.89. The van der Waals surface area contributed by atoms with E-state index in [0.29, 0.717) is 29.9 Å². The van der Waals surface area contributed by atoms with Gasteiger partial charge in [-0.25, -0.2) is 31.9 Å². The SMILES string of the molecule is O=C(Cc1c(F)c(F)c(F)c(F)c1F)Nc1nc2c(nc1Cc1ccccc1)-c1ccc(O)cc1CC2. The third-order valence-corrected chi connectivity index (χ3v) is 6.13. The van der Waals surface area contributed by atoms with Crippen LogP contribution in [0.4, 0.5) is 27.8 Å². The van der Waals surface area contributed by atoms with Crippen molar-refractivity contribution >= 4 is 11.7 Å². The number of amides is 1. The lowest BCUT2D eigenvalue weighted by atomic mass is 9.91. The summed E-state index contributed by atoms with van der Waals surface area (Å²) in [6, 6.07) is 14.1. The number of rotatable bonds is 5. The minimum absolute atomic E-state index is 0.0266. The van der Waals surface area contributed by atoms with Gasteiger partial charge in [0.05, 0.1) is 23.5 Å². The molecule has 2 N–H and O–H groups in total. The highest BCUT2D eigenvalue weighted by Gasteiger charge is 2.28. The molecular formula is C27H18F5N3O2. The fourth-order valence-corrected chi connectivity index (χ4v) is 4.32. The Hall–Kier alpha value is -4.34. The van der Waals surface area contributed by atoms with Gasteiger partial charge in [-0.3, -0.25) is 4.79 Å². The highest BCUT2D eigenvalue weighted by molar-refractivity contribution is 5.92. The van der Waals surface area contributed by atoms with Gasteiger partial charge >= 0.3 is 0 Å². The number of anilines is 1. The van der Waals surface area contributed by atoms with Crippen LogP contribution < -0.4 is 5.32 Å². The standard InChI is InChI=1S/C27H18F5N3O2/c28-21-17(22(29)24(31)25(32)23(21)30)12-20(37)35-27-19(10-13-4-2-1-3-5-13)33-26-16-8-7-15(36)11-14(16)6-9-18(26)34-27/h1-5,7-8,11,36H,6,9-10,12H2,(H,34,35,37). The van der Waals surface area contributed by atoms with Crippen LogP contribution in [-0.2, 0) is 30.5 Å². The van der Waals surface area contributed by atoms with Crippen LogP contribution in [0.3, 0.4) is 0 Å². The van der Waals surface area contributed by atoms with Gasteiger partial charge in [-0.15, -0.1) is 0 Å². The molecule has 0 fully saturated rings. The summed E-state index contributed by atoms with van der Waals surface area (Å²) in [6.45, 7) is 0. The number of phenolic OH excluding ortho intramolecular Hbond substituents is 1. The summed E-state index contributed by atoms with van der Waals surface area (Å²) in [6.07, 6.45) is 0.149. The average molecular weight is 511 g/mol. The zero-order valence-electron chi connectivity index (χ0n) is 19.1. The monoisotopic (exact) mass is 511 g/mol. The highest BCUT2D eigenvalue weighted by atomic mass is 19.2. The van der Waals surface area contributed by atoms with Crippen LogP contribution in [0.15, 0.2) is 48.5 Å². The first kappa shape index (κ1) is 24.4. The summed E-state index contributed by atoms with van der Waals surface area (Å²) in [5, 5.41) is 12.3. The minimum atomic E-state index is -2.29. The molecule has 0 saturated carbocycles. The van der Waals surface area contributed by atoms with E-state index in [1.54, 1.807) is 12.1 Å². The van der Waals surface area contributed by atoms with E-state index in [1.165, 1.54) is 6.07 Å². The number of nitrogens with one attached hydrogen (secondary N) is 1. The molecule has 0 radical (unpaired) electrons. The number of carbonyl (C=O) groups is 1. The largest absolute Gasteiger partial charge is 0.508 e. The molecule has 5 nitrogen and oxygen atoms in total. The number of hydrogen-bond donors (Lipinski definition) is 2. The third kappa shape index (κ3) is 4.62. The number of aryl methyl sites for hydroxylation is 2. The zero-order valence-corrected chi connectivity index (χ0v) is 19.1. The Morgan fingerprint density at radius 3 is 2.24 bits per heavy atom. The maximum atomic E-state index is 14.1. The first-order valence-electron chi connectivity index (χ1n) is 11.3. The molecule has 4 aromatic rings. The van der Waals surface area contributed by atoms with Crippen LogP contribution in [0.5, 0.6) is 5.75 Å². The molecule has 0 atom stereocenters. The fourth-order valence-electron chi connectivity index (χ4n) is 4.32. The molecule has 188 valence electrons. The maximum Gasteiger partial charge on any atom is 0.230 e. The molecule has 1 aliphatic carbocycles. The molecule has 0 unspecified atom stereocenters. The van der Waals surface area contributed by atoms with Gasteiger partial charge in [0.2, 0.25) is 11.7 Å². The van der Waals surface area contributed by atoms with Gasteiger partial charge < -0.3 is 10.4 Å². The Balaban J connectivity index is 1.52. The first-order valence-corrected chi connectivity index (χ1v) is 11.3. The van der Waals surface area contributed by atoms with Crippen molar-refractivity contribution in [2.75, 3.05) is 5.32 Å². The molecule has 0 saturated heterocycles. The molecule has 0 bridgehead atoms. The van der Waals surface area contributed by atoms with Crippen LogP contribution in [0.25, 0.3) is 11.3 Å². The summed E-state index contributed by atoms with van der Waals surface area (Å²) < 4.78 is 68.8. The fraction of sp³-hybridized carbons (Fsp3) is 0.148. The third-order valence-electron chi connectivity index (χ3n) is 6.13. The number of benzene rings is 3. The lowest BCUT2D eigenvalue weighted by Crippen LogP contribution is -2.21. The van der Waals surface area contributed by atoms with Gasteiger partial charge in [0.25, 0.3) is 0 Å². The zero-order chi connectivity index (χ0) is 26.3. The van der Waals surface area contributed by atoms with E-state index < -0.39 is 47.0 Å². The topological polar surface area (TPSA) is 75.1 Å². The normalized spacial score (nSPS) is 12.1. The van der Waals surface area contributed by atoms with Gasteiger partial charge in [-0.1, -0.05) is 30.3 Å². The molecule has 0 aliphatic heterocycles. The second-order valence-electron chi connectivity index (χ2n) is 8.59. The summed E-state index contributed by atoms with van der Waals surface area (Å²) in [4.78, 5) is 22.0. The molecule has 1 heterocycles. The number of phenols is 1. The van der Waals surface area contributed by atoms with Crippen molar-refractivity contribution in [3.8, 4) is 17.0 Å². The van der Waals surface area contributed by atoms with Crippen LogP contribution in [-0.4, -0.2) is 21.0 Å². The van der Waals surface area contributed by atoms with Crippen molar-refractivity contribution in [2.45, 2.75) is 25.7 Å². The number of carbonyl (C=O) groups excluding carboxylic acids is 1. The van der Waals surface area contributed by atoms with Crippen LogP contribution in [0.1, 0.15) is 28.1 Å². The summed E-state index contributed by atoms with van der Waals surface area (Å²) in [5.41, 5.74) is 2.74. The van der Waals surface area contributed by atoms with E-state index in [-0.39, 0.29) is 18.0 Å². The Kier molecular flexibility index (Phi) is 6.32.